The van der Waals surface area contributed by atoms with Crippen molar-refractivity contribution in [3.8, 4) is 0 Å². The van der Waals surface area contributed by atoms with Gasteiger partial charge >= 0.3 is 0 Å². The van der Waals surface area contributed by atoms with Gasteiger partial charge < -0.3 is 4.74 Å². The maximum Gasteiger partial charge on any atom is 0.250 e. The Morgan fingerprint density at radius 1 is 1.18 bits per heavy atom. The molecule has 1 aliphatic heterocycles. The van der Waals surface area contributed by atoms with Crippen LogP contribution in [0.4, 0.5) is 5.13 Å². The highest BCUT2D eigenvalue weighted by Crippen LogP contribution is 2.30. The monoisotopic (exact) mass is 393 g/mol. The molecule has 7 nitrogen and oxygen atoms in total. The van der Waals surface area contributed by atoms with Gasteiger partial charge in [0.2, 0.25) is 0 Å². The van der Waals surface area contributed by atoms with Gasteiger partial charge in [-0.3, -0.25) is 9.69 Å². The summed E-state index contributed by atoms with van der Waals surface area (Å²) in [7, 11) is 0. The molecule has 1 aliphatic rings. The lowest BCUT2D eigenvalue weighted by atomic mass is 10.2. The molecule has 0 N–H and O–H groups in total. The largest absolute Gasteiger partial charge is 0.376 e. The molecule has 4 aromatic rings. The number of aromatic nitrogens is 4. The van der Waals surface area contributed by atoms with Gasteiger partial charge in [-0.15, -0.1) is 5.10 Å². The van der Waals surface area contributed by atoms with Gasteiger partial charge in [0.05, 0.1) is 28.4 Å². The van der Waals surface area contributed by atoms with Crippen LogP contribution in [0.5, 0.6) is 0 Å². The van der Waals surface area contributed by atoms with Crippen LogP contribution in [-0.2, 0) is 16.1 Å². The zero-order valence-corrected chi connectivity index (χ0v) is 16.0. The summed E-state index contributed by atoms with van der Waals surface area (Å²) in [5.74, 6) is -0.0646. The summed E-state index contributed by atoms with van der Waals surface area (Å²) in [4.78, 5) is 19.7. The first-order chi connectivity index (χ1) is 13.8. The maximum atomic E-state index is 13.3. The van der Waals surface area contributed by atoms with E-state index in [1.165, 1.54) is 11.3 Å². The summed E-state index contributed by atoms with van der Waals surface area (Å²) in [6, 6.07) is 15.6. The van der Waals surface area contributed by atoms with Crippen LogP contribution in [0.15, 0.2) is 48.5 Å². The first-order valence-electron chi connectivity index (χ1n) is 9.34. The molecule has 0 bridgehead atoms. The van der Waals surface area contributed by atoms with E-state index in [-0.39, 0.29) is 18.6 Å². The Bertz CT molecular complexity index is 1100. The molecule has 142 valence electrons. The Morgan fingerprint density at radius 3 is 2.82 bits per heavy atom. The van der Waals surface area contributed by atoms with Gasteiger partial charge in [-0.25, -0.2) is 9.67 Å². The standard InChI is InChI=1S/C20H19N5O2S/c26-19(13-25-17-9-3-1-7-15(17)22-23-25)24(12-14-6-5-11-27-14)20-21-16-8-2-4-10-18(16)28-20/h1-4,7-10,14H,5-6,11-13H2/t14-/m0/s1. The number of carbonyl (C=O) groups excluding carboxylic acids is 1. The van der Waals surface area contributed by atoms with Crippen LogP contribution >= 0.6 is 11.3 Å². The number of amides is 1. The van der Waals surface area contributed by atoms with Gasteiger partial charge in [0.25, 0.3) is 5.91 Å². The van der Waals surface area contributed by atoms with Gasteiger partial charge in [0, 0.05) is 6.61 Å². The van der Waals surface area contributed by atoms with E-state index in [1.807, 2.05) is 48.5 Å². The van der Waals surface area contributed by atoms with Crippen LogP contribution < -0.4 is 4.90 Å². The molecule has 0 spiro atoms. The molecule has 0 aliphatic carbocycles. The summed E-state index contributed by atoms with van der Waals surface area (Å²) in [5.41, 5.74) is 2.53. The van der Waals surface area contributed by atoms with Crippen molar-refractivity contribution in [1.82, 2.24) is 20.0 Å². The van der Waals surface area contributed by atoms with E-state index in [9.17, 15) is 4.79 Å². The van der Waals surface area contributed by atoms with Gasteiger partial charge in [-0.1, -0.05) is 40.8 Å². The third-order valence-corrected chi connectivity index (χ3v) is 5.99. The van der Waals surface area contributed by atoms with Crippen LogP contribution in [0.25, 0.3) is 21.3 Å². The van der Waals surface area contributed by atoms with Gasteiger partial charge in [-0.05, 0) is 37.1 Å². The Hall–Kier alpha value is -2.84. The van der Waals surface area contributed by atoms with E-state index in [2.05, 4.69) is 10.3 Å². The molecule has 8 heteroatoms. The molecule has 0 unspecified atom stereocenters. The smallest absolute Gasteiger partial charge is 0.250 e. The molecular formula is C20H19N5O2S. The van der Waals surface area contributed by atoms with Gasteiger partial charge in [0.1, 0.15) is 12.1 Å². The fourth-order valence-corrected chi connectivity index (χ4v) is 4.49. The number of carbonyl (C=O) groups is 1. The second-order valence-corrected chi connectivity index (χ2v) is 7.85. The van der Waals surface area contributed by atoms with E-state index in [4.69, 9.17) is 9.72 Å². The molecule has 1 saturated heterocycles. The summed E-state index contributed by atoms with van der Waals surface area (Å²) in [5, 5.41) is 9.00. The van der Waals surface area contributed by atoms with E-state index < -0.39 is 0 Å². The van der Waals surface area contributed by atoms with Crippen molar-refractivity contribution in [3.63, 3.8) is 0 Å². The molecular weight excluding hydrogens is 374 g/mol. The number of thiazole rings is 1. The molecule has 0 saturated carbocycles. The van der Waals surface area contributed by atoms with Crippen LogP contribution in [-0.4, -0.2) is 45.1 Å². The van der Waals surface area contributed by atoms with Crippen molar-refractivity contribution in [3.05, 3.63) is 48.5 Å². The molecule has 3 heterocycles. The second-order valence-electron chi connectivity index (χ2n) is 6.84. The molecule has 1 fully saturated rings. The predicted octanol–water partition coefficient (Wildman–Crippen LogP) is 3.25. The lowest BCUT2D eigenvalue weighted by Gasteiger charge is -2.23. The fraction of sp³-hybridized carbons (Fsp3) is 0.300. The molecule has 28 heavy (non-hydrogen) atoms. The molecule has 1 amide bonds. The van der Waals surface area contributed by atoms with E-state index in [1.54, 1.807) is 9.58 Å². The molecule has 2 aromatic carbocycles. The normalized spacial score (nSPS) is 16.8. The lowest BCUT2D eigenvalue weighted by Crippen LogP contribution is -2.39. The van der Waals surface area contributed by atoms with Crippen LogP contribution in [0.3, 0.4) is 0 Å². The highest BCUT2D eigenvalue weighted by Gasteiger charge is 2.26. The molecule has 5 rings (SSSR count). The number of nitrogens with zero attached hydrogens (tertiary/aromatic N) is 5. The Kier molecular flexibility index (Phi) is 4.50. The zero-order valence-electron chi connectivity index (χ0n) is 15.2. The SMILES string of the molecule is O=C(Cn1nnc2ccccc21)N(C[C@@H]1CCCO1)c1nc2ccccc2s1. The first kappa shape index (κ1) is 17.3. The first-order valence-corrected chi connectivity index (χ1v) is 10.2. The average molecular weight is 393 g/mol. The maximum absolute atomic E-state index is 13.3. The number of ether oxygens (including phenoxy) is 1. The quantitative estimate of drug-likeness (QED) is 0.520. The minimum absolute atomic E-state index is 0.0449. The topological polar surface area (TPSA) is 73.1 Å². The van der Waals surface area contributed by atoms with Crippen molar-refractivity contribution < 1.29 is 9.53 Å². The molecule has 2 aromatic heterocycles. The second kappa shape index (κ2) is 7.29. The van der Waals surface area contributed by atoms with Crippen molar-refractivity contribution >= 4 is 43.6 Å². The van der Waals surface area contributed by atoms with E-state index >= 15 is 0 Å². The van der Waals surface area contributed by atoms with Crippen molar-refractivity contribution in [2.24, 2.45) is 0 Å². The summed E-state index contributed by atoms with van der Waals surface area (Å²) in [6.07, 6.45) is 2.03. The number of hydrogen-bond acceptors (Lipinski definition) is 6. The Labute approximate surface area is 165 Å². The number of rotatable bonds is 5. The van der Waals surface area contributed by atoms with E-state index in [0.29, 0.717) is 11.7 Å². The predicted molar refractivity (Wildman–Crippen MR) is 108 cm³/mol. The lowest BCUT2D eigenvalue weighted by molar-refractivity contribution is -0.119. The summed E-state index contributed by atoms with van der Waals surface area (Å²) in [6.45, 7) is 1.37. The number of benzene rings is 2. The number of hydrogen-bond donors (Lipinski definition) is 0. The average Bonchev–Trinajstić information content (AvgIpc) is 3.46. The zero-order chi connectivity index (χ0) is 18.9. The highest BCUT2D eigenvalue weighted by atomic mass is 32.1. The van der Waals surface area contributed by atoms with Crippen molar-refractivity contribution in [2.75, 3.05) is 18.1 Å². The minimum Gasteiger partial charge on any atom is -0.376 e. The van der Waals surface area contributed by atoms with Crippen LogP contribution in [0.2, 0.25) is 0 Å². The summed E-state index contributed by atoms with van der Waals surface area (Å²) < 4.78 is 8.49. The third-order valence-electron chi connectivity index (χ3n) is 4.93. The van der Waals surface area contributed by atoms with Crippen LogP contribution in [0.1, 0.15) is 12.8 Å². The van der Waals surface area contributed by atoms with E-state index in [0.717, 1.165) is 40.7 Å². The van der Waals surface area contributed by atoms with Crippen molar-refractivity contribution in [1.29, 1.82) is 0 Å². The van der Waals surface area contributed by atoms with Gasteiger partial charge in [0.15, 0.2) is 5.13 Å². The Morgan fingerprint density at radius 2 is 2.00 bits per heavy atom. The van der Waals surface area contributed by atoms with Gasteiger partial charge in [-0.2, -0.15) is 0 Å². The fourth-order valence-electron chi connectivity index (χ4n) is 3.50. The third kappa shape index (κ3) is 3.25. The van der Waals surface area contributed by atoms with Crippen molar-refractivity contribution in [2.45, 2.75) is 25.5 Å². The Balaban J connectivity index is 1.46. The molecule has 1 atom stereocenters. The molecule has 0 radical (unpaired) electrons. The number of para-hydroxylation sites is 2. The number of anilines is 1. The summed E-state index contributed by atoms with van der Waals surface area (Å²) >= 11 is 1.53. The minimum atomic E-state index is -0.0646. The highest BCUT2D eigenvalue weighted by molar-refractivity contribution is 7.22. The number of fused-ring (bicyclic) bond motifs is 2. The van der Waals surface area contributed by atoms with Crippen LogP contribution in [0, 0.1) is 0 Å².